The van der Waals surface area contributed by atoms with Crippen LogP contribution in [0.3, 0.4) is 0 Å². The summed E-state index contributed by atoms with van der Waals surface area (Å²) in [5, 5.41) is 0. The number of aryl methyl sites for hydroxylation is 2. The van der Waals surface area contributed by atoms with Crippen molar-refractivity contribution in [3.8, 4) is 0 Å². The fourth-order valence-corrected chi connectivity index (χ4v) is 3.30. The summed E-state index contributed by atoms with van der Waals surface area (Å²) in [5.74, 6) is 0.120. The van der Waals surface area contributed by atoms with Crippen LogP contribution in [0.5, 0.6) is 0 Å². The Hall–Kier alpha value is -3.00. The van der Waals surface area contributed by atoms with Crippen molar-refractivity contribution in [3.05, 3.63) is 65.7 Å². The summed E-state index contributed by atoms with van der Waals surface area (Å²) in [5.41, 5.74) is 3.41. The Bertz CT molecular complexity index is 948. The van der Waals surface area contributed by atoms with E-state index in [4.69, 9.17) is 9.15 Å². The first kappa shape index (κ1) is 17.4. The van der Waals surface area contributed by atoms with Crippen molar-refractivity contribution in [2.24, 2.45) is 0 Å². The van der Waals surface area contributed by atoms with Crippen LogP contribution in [0.4, 0.5) is 0 Å². The van der Waals surface area contributed by atoms with Gasteiger partial charge in [0.05, 0.1) is 49.2 Å². The number of aromatic nitrogens is 4. The fourth-order valence-electron chi connectivity index (χ4n) is 3.30. The van der Waals surface area contributed by atoms with E-state index in [0.717, 1.165) is 17.1 Å². The number of fused-ring (bicyclic) bond motifs is 1. The number of pyridine rings is 1. The molecular weight excluding hydrogens is 346 g/mol. The summed E-state index contributed by atoms with van der Waals surface area (Å²) < 4.78 is 13.2. The first-order valence-electron chi connectivity index (χ1n) is 8.82. The molecule has 8 heteroatoms. The first-order valence-corrected chi connectivity index (χ1v) is 8.82. The molecule has 27 heavy (non-hydrogen) atoms. The minimum atomic E-state index is -0.164. The number of hydrogen-bond donors (Lipinski definition) is 0. The predicted octanol–water partition coefficient (Wildman–Crippen LogP) is 2.30. The molecule has 4 rings (SSSR count). The molecule has 0 aliphatic carbocycles. The topological polar surface area (TPSA) is 86.3 Å². The number of carbonyl (C=O) groups is 1. The molecule has 0 aromatic carbocycles. The van der Waals surface area contributed by atoms with Gasteiger partial charge < -0.3 is 18.6 Å². The zero-order chi connectivity index (χ0) is 18.8. The van der Waals surface area contributed by atoms with Crippen LogP contribution in [-0.2, 0) is 17.9 Å². The lowest BCUT2D eigenvalue weighted by Crippen LogP contribution is -2.42. The Balaban J connectivity index is 1.45. The Morgan fingerprint density at radius 1 is 1.37 bits per heavy atom. The number of ether oxygens (including phenoxy) is 1. The smallest absolute Gasteiger partial charge is 0.291 e. The van der Waals surface area contributed by atoms with Crippen molar-refractivity contribution in [1.29, 1.82) is 0 Å². The van der Waals surface area contributed by atoms with Gasteiger partial charge in [0.15, 0.2) is 6.39 Å². The Morgan fingerprint density at radius 2 is 2.26 bits per heavy atom. The van der Waals surface area contributed by atoms with Gasteiger partial charge in [-0.25, -0.2) is 9.97 Å². The van der Waals surface area contributed by atoms with Crippen LogP contribution >= 0.6 is 0 Å². The Labute approximate surface area is 156 Å². The van der Waals surface area contributed by atoms with Gasteiger partial charge in [0.1, 0.15) is 0 Å². The van der Waals surface area contributed by atoms with Gasteiger partial charge in [0.25, 0.3) is 5.91 Å². The zero-order valence-electron chi connectivity index (χ0n) is 15.3. The minimum absolute atomic E-state index is 0.0202. The normalized spacial score (nSPS) is 16.4. The molecule has 3 aromatic heterocycles. The van der Waals surface area contributed by atoms with Crippen molar-refractivity contribution >= 4 is 5.91 Å². The van der Waals surface area contributed by atoms with Gasteiger partial charge >= 0.3 is 0 Å². The molecule has 140 valence electrons. The maximum Gasteiger partial charge on any atom is 0.291 e. The predicted molar refractivity (Wildman–Crippen MR) is 95.9 cm³/mol. The third kappa shape index (κ3) is 3.61. The molecule has 0 fully saturated rings. The van der Waals surface area contributed by atoms with E-state index >= 15 is 0 Å². The van der Waals surface area contributed by atoms with Crippen molar-refractivity contribution in [2.75, 3.05) is 13.2 Å². The molecule has 1 aliphatic heterocycles. The van der Waals surface area contributed by atoms with Crippen LogP contribution in [0, 0.1) is 13.8 Å². The Morgan fingerprint density at radius 3 is 3.04 bits per heavy atom. The Kier molecular flexibility index (Phi) is 4.72. The number of nitrogens with zero attached hydrogens (tertiary/aromatic N) is 5. The van der Waals surface area contributed by atoms with Crippen molar-refractivity contribution < 1.29 is 13.9 Å². The molecule has 1 atom stereocenters. The highest BCUT2D eigenvalue weighted by Gasteiger charge is 2.30. The van der Waals surface area contributed by atoms with Crippen molar-refractivity contribution in [2.45, 2.75) is 33.0 Å². The van der Waals surface area contributed by atoms with Gasteiger partial charge in [-0.1, -0.05) is 6.07 Å². The van der Waals surface area contributed by atoms with Crippen LogP contribution in [-0.4, -0.2) is 43.5 Å². The molecular formula is C19H21N5O3. The second-order valence-electron chi connectivity index (χ2n) is 6.68. The summed E-state index contributed by atoms with van der Waals surface area (Å²) >= 11 is 0. The molecule has 0 spiro atoms. The highest BCUT2D eigenvalue weighted by atomic mass is 16.5. The van der Waals surface area contributed by atoms with Gasteiger partial charge in [0, 0.05) is 18.4 Å². The summed E-state index contributed by atoms with van der Waals surface area (Å²) in [6.07, 6.45) is 4.86. The third-order valence-corrected chi connectivity index (χ3v) is 4.66. The number of amides is 1. The van der Waals surface area contributed by atoms with E-state index in [2.05, 4.69) is 19.5 Å². The second kappa shape index (κ2) is 7.32. The van der Waals surface area contributed by atoms with Gasteiger partial charge in [0.2, 0.25) is 5.76 Å². The average Bonchev–Trinajstić information content (AvgIpc) is 3.29. The second-order valence-corrected chi connectivity index (χ2v) is 6.68. The molecule has 1 amide bonds. The van der Waals surface area contributed by atoms with Crippen LogP contribution in [0.15, 0.2) is 41.5 Å². The molecule has 3 aromatic rings. The first-order chi connectivity index (χ1) is 13.1. The fraction of sp³-hybridized carbons (Fsp3) is 0.368. The average molecular weight is 367 g/mol. The quantitative estimate of drug-likeness (QED) is 0.688. The van der Waals surface area contributed by atoms with E-state index in [1.54, 1.807) is 24.3 Å². The van der Waals surface area contributed by atoms with Gasteiger partial charge in [-0.15, -0.1) is 0 Å². The molecule has 0 bridgehead atoms. The summed E-state index contributed by atoms with van der Waals surface area (Å²) in [6.45, 7) is 5.60. The lowest BCUT2D eigenvalue weighted by molar-refractivity contribution is 0.0453. The van der Waals surface area contributed by atoms with Gasteiger partial charge in [-0.3, -0.25) is 9.78 Å². The maximum atomic E-state index is 12.8. The SMILES string of the molecule is Cc1cccc(COC[C@@H]2CN(C(=O)c3ocnc3C)Cc3cncn32)n1. The van der Waals surface area contributed by atoms with E-state index in [0.29, 0.717) is 32.0 Å². The number of imidazole rings is 1. The summed E-state index contributed by atoms with van der Waals surface area (Å²) in [7, 11) is 0. The van der Waals surface area contributed by atoms with E-state index in [-0.39, 0.29) is 17.7 Å². The molecule has 1 aliphatic rings. The van der Waals surface area contributed by atoms with E-state index < -0.39 is 0 Å². The van der Waals surface area contributed by atoms with E-state index in [9.17, 15) is 4.79 Å². The number of oxazole rings is 1. The zero-order valence-corrected chi connectivity index (χ0v) is 15.3. The van der Waals surface area contributed by atoms with Gasteiger partial charge in [-0.05, 0) is 26.0 Å². The van der Waals surface area contributed by atoms with Crippen LogP contribution in [0.2, 0.25) is 0 Å². The van der Waals surface area contributed by atoms with E-state index in [1.165, 1.54) is 6.39 Å². The van der Waals surface area contributed by atoms with Crippen molar-refractivity contribution in [1.82, 2.24) is 24.4 Å². The lowest BCUT2D eigenvalue weighted by Gasteiger charge is -2.34. The molecule has 8 nitrogen and oxygen atoms in total. The molecule has 0 unspecified atom stereocenters. The van der Waals surface area contributed by atoms with Crippen molar-refractivity contribution in [3.63, 3.8) is 0 Å². The highest BCUT2D eigenvalue weighted by molar-refractivity contribution is 5.92. The summed E-state index contributed by atoms with van der Waals surface area (Å²) in [6, 6.07) is 5.85. The lowest BCUT2D eigenvalue weighted by atomic mass is 10.1. The maximum absolute atomic E-state index is 12.8. The number of carbonyl (C=O) groups excluding carboxylic acids is 1. The molecule has 0 N–H and O–H groups in total. The van der Waals surface area contributed by atoms with E-state index in [1.807, 2.05) is 25.1 Å². The highest BCUT2D eigenvalue weighted by Crippen LogP contribution is 2.23. The number of rotatable bonds is 5. The molecule has 0 saturated carbocycles. The molecule has 0 radical (unpaired) electrons. The minimum Gasteiger partial charge on any atom is -0.438 e. The van der Waals surface area contributed by atoms with Gasteiger partial charge in [-0.2, -0.15) is 0 Å². The third-order valence-electron chi connectivity index (χ3n) is 4.66. The van der Waals surface area contributed by atoms with Crippen LogP contribution in [0.1, 0.15) is 39.4 Å². The standard InChI is InChI=1S/C19H21N5O3/c1-13-4-3-5-15(22-13)9-26-10-17-8-23(7-16-6-20-11-24(16)17)19(25)18-14(2)21-12-27-18/h3-6,11-12,17H,7-10H2,1-2H3/t17-/m0/s1. The monoisotopic (exact) mass is 367 g/mol. The summed E-state index contributed by atoms with van der Waals surface area (Å²) in [4.78, 5) is 27.2. The van der Waals surface area contributed by atoms with Crippen LogP contribution < -0.4 is 0 Å². The number of hydrogen-bond acceptors (Lipinski definition) is 6. The molecule has 0 saturated heterocycles. The molecule has 4 heterocycles. The largest absolute Gasteiger partial charge is 0.438 e. The van der Waals surface area contributed by atoms with Crippen LogP contribution in [0.25, 0.3) is 0 Å².